The summed E-state index contributed by atoms with van der Waals surface area (Å²) < 4.78 is 16.6. The molecular formula is C21H36O5Si. The standard InChI is InChI=1S/C21H36O5Si/c1-8-18-19(24-5)15-17(26-20(18)23)14-16(22)12-10-9-11-13-25-27(6,7)21(2,3)4/h8,15-16,22H,1,9-14H2,2-7H3. The van der Waals surface area contributed by atoms with E-state index in [2.05, 4.69) is 40.4 Å². The van der Waals surface area contributed by atoms with Crippen molar-refractivity contribution in [3.05, 3.63) is 34.4 Å². The number of aliphatic hydroxyl groups excluding tert-OH is 1. The van der Waals surface area contributed by atoms with Crippen molar-refractivity contribution in [2.75, 3.05) is 13.7 Å². The maximum atomic E-state index is 11.9. The highest BCUT2D eigenvalue weighted by molar-refractivity contribution is 6.74. The second-order valence-electron chi connectivity index (χ2n) is 8.50. The zero-order valence-corrected chi connectivity index (χ0v) is 18.8. The van der Waals surface area contributed by atoms with Crippen LogP contribution >= 0.6 is 0 Å². The third-order valence-corrected chi connectivity index (χ3v) is 9.85. The molecule has 27 heavy (non-hydrogen) atoms. The minimum atomic E-state index is -1.67. The Hall–Kier alpha value is -1.37. The molecule has 0 amide bonds. The number of aliphatic hydroxyl groups is 1. The molecule has 0 aliphatic heterocycles. The molecule has 5 nitrogen and oxygen atoms in total. The summed E-state index contributed by atoms with van der Waals surface area (Å²) in [6, 6.07) is 1.65. The molecule has 154 valence electrons. The first kappa shape index (κ1) is 23.7. The molecular weight excluding hydrogens is 360 g/mol. The third-order valence-electron chi connectivity index (χ3n) is 5.31. The minimum Gasteiger partial charge on any atom is -0.496 e. The van der Waals surface area contributed by atoms with Crippen molar-refractivity contribution in [3.8, 4) is 5.75 Å². The van der Waals surface area contributed by atoms with Gasteiger partial charge in [0.15, 0.2) is 8.32 Å². The molecule has 1 heterocycles. The van der Waals surface area contributed by atoms with Gasteiger partial charge in [0.05, 0.1) is 13.2 Å². The van der Waals surface area contributed by atoms with Gasteiger partial charge in [0.1, 0.15) is 17.1 Å². The summed E-state index contributed by atoms with van der Waals surface area (Å²) in [6.07, 6.45) is 4.74. The van der Waals surface area contributed by atoms with Gasteiger partial charge in [-0.25, -0.2) is 4.79 Å². The van der Waals surface area contributed by atoms with Crippen LogP contribution < -0.4 is 10.4 Å². The summed E-state index contributed by atoms with van der Waals surface area (Å²) in [6.45, 7) is 15.6. The summed E-state index contributed by atoms with van der Waals surface area (Å²) >= 11 is 0. The molecule has 0 saturated heterocycles. The Morgan fingerprint density at radius 2 is 1.96 bits per heavy atom. The van der Waals surface area contributed by atoms with Gasteiger partial charge in [-0.15, -0.1) is 0 Å². The van der Waals surface area contributed by atoms with Crippen molar-refractivity contribution in [2.24, 2.45) is 0 Å². The molecule has 1 unspecified atom stereocenters. The molecule has 0 bridgehead atoms. The molecule has 0 aliphatic carbocycles. The van der Waals surface area contributed by atoms with Crippen LogP contribution in [-0.4, -0.2) is 33.2 Å². The van der Waals surface area contributed by atoms with Crippen molar-refractivity contribution in [1.82, 2.24) is 0 Å². The average molecular weight is 397 g/mol. The van der Waals surface area contributed by atoms with Crippen LogP contribution in [0.1, 0.15) is 57.8 Å². The quantitative estimate of drug-likeness (QED) is 0.431. The van der Waals surface area contributed by atoms with Crippen molar-refractivity contribution >= 4 is 14.4 Å². The number of rotatable bonds is 11. The van der Waals surface area contributed by atoms with Crippen molar-refractivity contribution in [1.29, 1.82) is 0 Å². The normalized spacial score (nSPS) is 13.4. The second-order valence-corrected chi connectivity index (χ2v) is 13.3. The second kappa shape index (κ2) is 10.2. The Kier molecular flexibility index (Phi) is 8.98. The third kappa shape index (κ3) is 7.28. The lowest BCUT2D eigenvalue weighted by atomic mass is 10.1. The number of ether oxygens (including phenoxy) is 1. The smallest absolute Gasteiger partial charge is 0.346 e. The SMILES string of the molecule is C=Cc1c(OC)cc(CC(O)CCCCCO[Si](C)(C)C(C)(C)C)oc1=O. The first-order valence-corrected chi connectivity index (χ1v) is 12.6. The largest absolute Gasteiger partial charge is 0.496 e. The maximum absolute atomic E-state index is 11.9. The molecule has 1 N–H and O–H groups in total. The van der Waals surface area contributed by atoms with Gasteiger partial charge in [0, 0.05) is 19.1 Å². The van der Waals surface area contributed by atoms with E-state index in [-0.39, 0.29) is 5.04 Å². The van der Waals surface area contributed by atoms with Crippen molar-refractivity contribution in [2.45, 2.75) is 77.1 Å². The first-order valence-electron chi connectivity index (χ1n) is 9.67. The number of hydrogen-bond acceptors (Lipinski definition) is 5. The number of hydrogen-bond donors (Lipinski definition) is 1. The molecule has 0 saturated carbocycles. The Bertz CT molecular complexity index is 658. The van der Waals surface area contributed by atoms with Gasteiger partial charge in [-0.05, 0) is 31.0 Å². The molecule has 6 heteroatoms. The molecule has 1 aromatic heterocycles. The van der Waals surface area contributed by atoms with Crippen LogP contribution in [-0.2, 0) is 10.8 Å². The minimum absolute atomic E-state index is 0.231. The zero-order valence-electron chi connectivity index (χ0n) is 17.8. The van der Waals surface area contributed by atoms with Gasteiger partial charge in [-0.3, -0.25) is 0 Å². The van der Waals surface area contributed by atoms with Gasteiger partial charge in [0.25, 0.3) is 0 Å². The van der Waals surface area contributed by atoms with Gasteiger partial charge in [-0.1, -0.05) is 46.3 Å². The first-order chi connectivity index (χ1) is 12.5. The summed E-state index contributed by atoms with van der Waals surface area (Å²) in [5.74, 6) is 0.849. The zero-order chi connectivity index (χ0) is 20.7. The Morgan fingerprint density at radius 1 is 1.30 bits per heavy atom. The monoisotopic (exact) mass is 396 g/mol. The topological polar surface area (TPSA) is 68.9 Å². The highest BCUT2D eigenvalue weighted by Crippen LogP contribution is 2.36. The van der Waals surface area contributed by atoms with E-state index >= 15 is 0 Å². The summed E-state index contributed by atoms with van der Waals surface area (Å²) in [4.78, 5) is 11.9. The Labute approximate surface area is 164 Å². The van der Waals surface area contributed by atoms with E-state index in [4.69, 9.17) is 13.6 Å². The van der Waals surface area contributed by atoms with Crippen LogP contribution in [0.2, 0.25) is 18.1 Å². The molecule has 0 fully saturated rings. The van der Waals surface area contributed by atoms with Crippen LogP contribution in [0, 0.1) is 0 Å². The van der Waals surface area contributed by atoms with Crippen LogP contribution in [0.15, 0.2) is 21.9 Å². The summed E-state index contributed by atoms with van der Waals surface area (Å²) in [5, 5.41) is 10.5. The molecule has 0 aliphatic rings. The van der Waals surface area contributed by atoms with E-state index in [1.807, 2.05) is 0 Å². The van der Waals surface area contributed by atoms with Crippen LogP contribution in [0.5, 0.6) is 5.75 Å². The molecule has 0 spiro atoms. The predicted molar refractivity (Wildman–Crippen MR) is 113 cm³/mol. The van der Waals surface area contributed by atoms with E-state index in [1.54, 1.807) is 6.07 Å². The van der Waals surface area contributed by atoms with E-state index < -0.39 is 20.0 Å². The van der Waals surface area contributed by atoms with Crippen molar-refractivity contribution in [3.63, 3.8) is 0 Å². The van der Waals surface area contributed by atoms with Crippen LogP contribution in [0.3, 0.4) is 0 Å². The number of methoxy groups -OCH3 is 1. The van der Waals surface area contributed by atoms with E-state index in [0.29, 0.717) is 29.9 Å². The van der Waals surface area contributed by atoms with Gasteiger partial charge >= 0.3 is 5.63 Å². The van der Waals surface area contributed by atoms with Crippen LogP contribution in [0.4, 0.5) is 0 Å². The Morgan fingerprint density at radius 3 is 2.52 bits per heavy atom. The molecule has 1 atom stereocenters. The van der Waals surface area contributed by atoms with Gasteiger partial charge in [0.2, 0.25) is 0 Å². The predicted octanol–water partition coefficient (Wildman–Crippen LogP) is 4.78. The highest BCUT2D eigenvalue weighted by Gasteiger charge is 2.36. The fourth-order valence-corrected chi connectivity index (χ4v) is 3.61. The lowest BCUT2D eigenvalue weighted by Crippen LogP contribution is -2.40. The molecule has 1 rings (SSSR count). The lowest BCUT2D eigenvalue weighted by Gasteiger charge is -2.36. The molecule has 0 aromatic carbocycles. The fourth-order valence-electron chi connectivity index (χ4n) is 2.52. The maximum Gasteiger partial charge on any atom is 0.346 e. The highest BCUT2D eigenvalue weighted by atomic mass is 28.4. The molecule has 0 radical (unpaired) electrons. The number of unbranched alkanes of at least 4 members (excludes halogenated alkanes) is 2. The molecule has 1 aromatic rings. The van der Waals surface area contributed by atoms with E-state index in [1.165, 1.54) is 13.2 Å². The van der Waals surface area contributed by atoms with Gasteiger partial charge in [-0.2, -0.15) is 0 Å². The Balaban J connectivity index is 2.38. The lowest BCUT2D eigenvalue weighted by molar-refractivity contribution is 0.151. The average Bonchev–Trinajstić information content (AvgIpc) is 2.56. The summed E-state index contributed by atoms with van der Waals surface area (Å²) in [5.41, 5.74) is -0.188. The van der Waals surface area contributed by atoms with E-state index in [9.17, 15) is 9.90 Å². The van der Waals surface area contributed by atoms with E-state index in [0.717, 1.165) is 25.9 Å². The van der Waals surface area contributed by atoms with Gasteiger partial charge < -0.3 is 18.7 Å². The van der Waals surface area contributed by atoms with Crippen LogP contribution in [0.25, 0.3) is 6.08 Å². The fraction of sp³-hybridized carbons (Fsp3) is 0.667. The van der Waals surface area contributed by atoms with Crippen molar-refractivity contribution < 1.29 is 18.7 Å². The summed E-state index contributed by atoms with van der Waals surface area (Å²) in [7, 11) is -0.177.